The molecule has 0 radical (unpaired) electrons. The number of carbonyl (C=O) groups excluding carboxylic acids is 2. The van der Waals surface area contributed by atoms with Crippen LogP contribution < -0.4 is 4.90 Å². The van der Waals surface area contributed by atoms with Gasteiger partial charge < -0.3 is 14.7 Å². The van der Waals surface area contributed by atoms with E-state index in [9.17, 15) is 9.59 Å². The molecule has 0 aliphatic carbocycles. The predicted molar refractivity (Wildman–Crippen MR) is 83.3 cm³/mol. The Morgan fingerprint density at radius 2 is 2.23 bits per heavy atom. The van der Waals surface area contributed by atoms with Gasteiger partial charge in [0, 0.05) is 39.9 Å². The third kappa shape index (κ3) is 2.77. The quantitative estimate of drug-likeness (QED) is 0.814. The maximum absolute atomic E-state index is 12.7. The van der Waals surface area contributed by atoms with E-state index in [1.54, 1.807) is 25.2 Å². The van der Waals surface area contributed by atoms with Crippen molar-refractivity contribution in [2.24, 2.45) is 11.8 Å². The average molecular weight is 302 g/mol. The van der Waals surface area contributed by atoms with E-state index in [2.05, 4.69) is 9.88 Å². The van der Waals surface area contributed by atoms with Crippen molar-refractivity contribution in [1.82, 2.24) is 14.8 Å². The zero-order valence-electron chi connectivity index (χ0n) is 13.1. The predicted octanol–water partition coefficient (Wildman–Crippen LogP) is 0.454. The minimum atomic E-state index is -0.0195. The van der Waals surface area contributed by atoms with Crippen LogP contribution in [0.3, 0.4) is 0 Å². The van der Waals surface area contributed by atoms with Gasteiger partial charge in [-0.05, 0) is 24.5 Å². The van der Waals surface area contributed by atoms with Crippen molar-refractivity contribution < 1.29 is 9.59 Å². The maximum Gasteiger partial charge on any atom is 0.241 e. The van der Waals surface area contributed by atoms with Crippen molar-refractivity contribution >= 4 is 17.5 Å². The summed E-state index contributed by atoms with van der Waals surface area (Å²) in [4.78, 5) is 34.1. The summed E-state index contributed by atoms with van der Waals surface area (Å²) < 4.78 is 0. The molecule has 2 fully saturated rings. The molecule has 1 aromatic heterocycles. The van der Waals surface area contributed by atoms with Gasteiger partial charge in [-0.3, -0.25) is 14.6 Å². The molecule has 2 aliphatic heterocycles. The van der Waals surface area contributed by atoms with Crippen LogP contribution in [0.5, 0.6) is 0 Å². The molecular weight excluding hydrogens is 280 g/mol. The molecule has 0 bridgehead atoms. The summed E-state index contributed by atoms with van der Waals surface area (Å²) in [6.45, 7) is 2.50. The van der Waals surface area contributed by atoms with E-state index in [-0.39, 0.29) is 24.3 Å². The molecule has 2 amide bonds. The van der Waals surface area contributed by atoms with Gasteiger partial charge in [0.15, 0.2) is 0 Å². The first-order valence-corrected chi connectivity index (χ1v) is 7.70. The molecule has 6 heteroatoms. The van der Waals surface area contributed by atoms with Crippen molar-refractivity contribution in [3.05, 3.63) is 24.5 Å². The second-order valence-electron chi connectivity index (χ2n) is 6.32. The van der Waals surface area contributed by atoms with Crippen LogP contribution >= 0.6 is 0 Å². The topological polar surface area (TPSA) is 56.8 Å². The van der Waals surface area contributed by atoms with Crippen molar-refractivity contribution in [3.8, 4) is 0 Å². The Balaban J connectivity index is 1.67. The van der Waals surface area contributed by atoms with E-state index in [0.29, 0.717) is 12.5 Å². The number of hydrogen-bond acceptors (Lipinski definition) is 4. The fourth-order valence-corrected chi connectivity index (χ4v) is 3.32. The smallest absolute Gasteiger partial charge is 0.241 e. The SMILES string of the molecule is CN(C)C(=O)CN1CC[C@@H]2CN(c3cccnc3)C[C@H]2C1=O. The highest BCUT2D eigenvalue weighted by atomic mass is 16.2. The summed E-state index contributed by atoms with van der Waals surface area (Å²) in [5.41, 5.74) is 1.07. The Hall–Kier alpha value is -2.11. The van der Waals surface area contributed by atoms with Gasteiger partial charge >= 0.3 is 0 Å². The maximum atomic E-state index is 12.7. The number of pyridine rings is 1. The number of piperidine rings is 1. The van der Waals surface area contributed by atoms with E-state index in [0.717, 1.165) is 25.2 Å². The second kappa shape index (κ2) is 5.94. The molecule has 0 aromatic carbocycles. The summed E-state index contributed by atoms with van der Waals surface area (Å²) in [6.07, 6.45) is 4.56. The standard InChI is InChI=1S/C16H22N4O2/c1-18(2)15(21)11-19-7-5-12-9-20(10-14(12)16(19)22)13-4-3-6-17-8-13/h3-4,6,8,12,14H,5,7,9-11H2,1-2H3/t12-,14-/m1/s1. The number of hydrogen-bond donors (Lipinski definition) is 0. The van der Waals surface area contributed by atoms with Gasteiger partial charge in [-0.2, -0.15) is 0 Å². The molecule has 6 nitrogen and oxygen atoms in total. The van der Waals surface area contributed by atoms with Gasteiger partial charge in [0.25, 0.3) is 0 Å². The molecule has 3 heterocycles. The fraction of sp³-hybridized carbons (Fsp3) is 0.562. The van der Waals surface area contributed by atoms with Gasteiger partial charge in [0.2, 0.25) is 11.8 Å². The molecule has 0 unspecified atom stereocenters. The number of anilines is 1. The number of fused-ring (bicyclic) bond motifs is 1. The molecule has 118 valence electrons. The molecule has 2 saturated heterocycles. The highest BCUT2D eigenvalue weighted by Crippen LogP contribution is 2.34. The summed E-state index contributed by atoms with van der Waals surface area (Å²) in [6, 6.07) is 3.95. The first kappa shape index (κ1) is 14.8. The normalized spacial score (nSPS) is 24.4. The van der Waals surface area contributed by atoms with Crippen LogP contribution in [0.2, 0.25) is 0 Å². The number of rotatable bonds is 3. The lowest BCUT2D eigenvalue weighted by Gasteiger charge is -2.33. The van der Waals surface area contributed by atoms with Gasteiger partial charge in [-0.15, -0.1) is 0 Å². The molecule has 2 aliphatic rings. The van der Waals surface area contributed by atoms with Crippen LogP contribution in [-0.2, 0) is 9.59 Å². The highest BCUT2D eigenvalue weighted by molar-refractivity contribution is 5.87. The van der Waals surface area contributed by atoms with Gasteiger partial charge in [-0.25, -0.2) is 0 Å². The number of aromatic nitrogens is 1. The Kier molecular flexibility index (Phi) is 4.00. The van der Waals surface area contributed by atoms with E-state index in [1.807, 2.05) is 18.3 Å². The Labute approximate surface area is 130 Å². The van der Waals surface area contributed by atoms with Crippen LogP contribution in [0.15, 0.2) is 24.5 Å². The summed E-state index contributed by atoms with van der Waals surface area (Å²) in [7, 11) is 3.44. The Morgan fingerprint density at radius 3 is 2.91 bits per heavy atom. The van der Waals surface area contributed by atoms with Crippen LogP contribution in [0.1, 0.15) is 6.42 Å². The van der Waals surface area contributed by atoms with Crippen LogP contribution in [0.25, 0.3) is 0 Å². The van der Waals surface area contributed by atoms with E-state index >= 15 is 0 Å². The third-order valence-electron chi connectivity index (χ3n) is 4.68. The molecular formula is C16H22N4O2. The highest BCUT2D eigenvalue weighted by Gasteiger charge is 2.43. The number of nitrogens with zero attached hydrogens (tertiary/aromatic N) is 4. The molecule has 0 spiro atoms. The summed E-state index contributed by atoms with van der Waals surface area (Å²) in [5.74, 6) is 0.495. The van der Waals surface area contributed by atoms with Crippen molar-refractivity contribution in [2.45, 2.75) is 6.42 Å². The Bertz CT molecular complexity index is 561. The van der Waals surface area contributed by atoms with Crippen molar-refractivity contribution in [2.75, 3.05) is 45.2 Å². The molecule has 1 aromatic rings. The monoisotopic (exact) mass is 302 g/mol. The number of carbonyl (C=O) groups is 2. The molecule has 0 saturated carbocycles. The van der Waals surface area contributed by atoms with Crippen molar-refractivity contribution in [3.63, 3.8) is 0 Å². The molecule has 2 atom stereocenters. The minimum Gasteiger partial charge on any atom is -0.369 e. The van der Waals surface area contributed by atoms with Gasteiger partial charge in [0.05, 0.1) is 24.3 Å². The first-order valence-electron chi connectivity index (χ1n) is 7.70. The number of amides is 2. The van der Waals surface area contributed by atoms with Gasteiger partial charge in [-0.1, -0.05) is 0 Å². The molecule has 3 rings (SSSR count). The summed E-state index contributed by atoms with van der Waals surface area (Å²) >= 11 is 0. The van der Waals surface area contributed by atoms with Crippen LogP contribution in [0.4, 0.5) is 5.69 Å². The number of likely N-dealkylation sites (tertiary alicyclic amines) is 1. The lowest BCUT2D eigenvalue weighted by Crippen LogP contribution is -2.49. The molecule has 22 heavy (non-hydrogen) atoms. The van der Waals surface area contributed by atoms with E-state index < -0.39 is 0 Å². The Morgan fingerprint density at radius 1 is 1.41 bits per heavy atom. The minimum absolute atomic E-state index is 0.00363. The lowest BCUT2D eigenvalue weighted by molar-refractivity contribution is -0.145. The lowest BCUT2D eigenvalue weighted by atomic mass is 9.88. The first-order chi connectivity index (χ1) is 10.6. The zero-order valence-corrected chi connectivity index (χ0v) is 13.1. The van der Waals surface area contributed by atoms with Crippen molar-refractivity contribution in [1.29, 1.82) is 0 Å². The largest absolute Gasteiger partial charge is 0.369 e. The van der Waals surface area contributed by atoms with Gasteiger partial charge in [0.1, 0.15) is 0 Å². The van der Waals surface area contributed by atoms with E-state index in [4.69, 9.17) is 0 Å². The third-order valence-corrected chi connectivity index (χ3v) is 4.68. The zero-order chi connectivity index (χ0) is 15.7. The summed E-state index contributed by atoms with van der Waals surface area (Å²) in [5, 5.41) is 0. The fourth-order valence-electron chi connectivity index (χ4n) is 3.32. The van der Waals surface area contributed by atoms with E-state index in [1.165, 1.54) is 4.90 Å². The van der Waals surface area contributed by atoms with Crippen LogP contribution in [0, 0.1) is 11.8 Å². The second-order valence-corrected chi connectivity index (χ2v) is 6.32. The van der Waals surface area contributed by atoms with Crippen LogP contribution in [-0.4, -0.2) is 66.9 Å². The molecule has 0 N–H and O–H groups in total. The number of likely N-dealkylation sites (N-methyl/N-ethyl adjacent to an activating group) is 1. The average Bonchev–Trinajstić information content (AvgIpc) is 2.96.